The zero-order valence-corrected chi connectivity index (χ0v) is 12.2. The minimum Gasteiger partial charge on any atom is -0.480 e. The second kappa shape index (κ2) is 6.24. The lowest BCUT2D eigenvalue weighted by Gasteiger charge is -2.21. The number of carbonyl (C=O) groups is 2. The number of carboxylic acid groups (broad SMARTS) is 1. The molecular formula is C15H20N2O4. The van der Waals surface area contributed by atoms with Crippen LogP contribution in [0.1, 0.15) is 22.3 Å². The van der Waals surface area contributed by atoms with Crippen LogP contribution < -0.4 is 0 Å². The van der Waals surface area contributed by atoms with E-state index >= 15 is 0 Å². The van der Waals surface area contributed by atoms with E-state index in [-0.39, 0.29) is 18.9 Å². The molecule has 1 unspecified atom stereocenters. The van der Waals surface area contributed by atoms with E-state index in [0.717, 1.165) is 12.1 Å². The van der Waals surface area contributed by atoms with Crippen molar-refractivity contribution < 1.29 is 19.8 Å². The van der Waals surface area contributed by atoms with Gasteiger partial charge in [-0.25, -0.2) is 4.79 Å². The molecule has 0 spiro atoms. The van der Waals surface area contributed by atoms with Gasteiger partial charge in [0.1, 0.15) is 6.04 Å². The molecule has 1 aliphatic heterocycles. The van der Waals surface area contributed by atoms with Gasteiger partial charge in [0.2, 0.25) is 0 Å². The molecule has 0 radical (unpaired) electrons. The smallest absolute Gasteiger partial charge is 0.326 e. The number of aliphatic hydroxyl groups excluding tert-OH is 1. The van der Waals surface area contributed by atoms with E-state index in [4.69, 9.17) is 5.11 Å². The highest BCUT2D eigenvalue weighted by molar-refractivity contribution is 5.97. The first-order chi connectivity index (χ1) is 9.88. The van der Waals surface area contributed by atoms with E-state index in [0.29, 0.717) is 5.56 Å². The number of aliphatic carboxylic acids is 1. The van der Waals surface area contributed by atoms with Gasteiger partial charge in [-0.05, 0) is 31.8 Å². The Bertz CT molecular complexity index is 527. The highest BCUT2D eigenvalue weighted by atomic mass is 16.4. The molecule has 6 heteroatoms. The summed E-state index contributed by atoms with van der Waals surface area (Å²) < 4.78 is 0. The zero-order valence-electron chi connectivity index (χ0n) is 12.2. The molecule has 6 nitrogen and oxygen atoms in total. The van der Waals surface area contributed by atoms with Gasteiger partial charge in [-0.1, -0.05) is 12.1 Å². The number of aliphatic hydroxyl groups is 1. The lowest BCUT2D eigenvalue weighted by atomic mass is 10.1. The molecule has 114 valence electrons. The first-order valence-electron chi connectivity index (χ1n) is 6.84. The van der Waals surface area contributed by atoms with Crippen molar-refractivity contribution in [2.75, 3.05) is 20.6 Å². The molecule has 21 heavy (non-hydrogen) atoms. The minimum atomic E-state index is -1.08. The zero-order chi connectivity index (χ0) is 15.6. The van der Waals surface area contributed by atoms with Crippen molar-refractivity contribution in [3.8, 4) is 0 Å². The average molecular weight is 292 g/mol. The first kappa shape index (κ1) is 15.5. The summed E-state index contributed by atoms with van der Waals surface area (Å²) in [5, 5.41) is 18.7. The van der Waals surface area contributed by atoms with Crippen LogP contribution >= 0.6 is 0 Å². The largest absolute Gasteiger partial charge is 0.480 e. The van der Waals surface area contributed by atoms with Crippen LogP contribution in [0.2, 0.25) is 0 Å². The number of hydrogen-bond acceptors (Lipinski definition) is 4. The molecule has 1 amide bonds. The van der Waals surface area contributed by atoms with E-state index in [1.807, 2.05) is 31.1 Å². The van der Waals surface area contributed by atoms with Crippen molar-refractivity contribution in [1.29, 1.82) is 0 Å². The van der Waals surface area contributed by atoms with Gasteiger partial charge in [-0.3, -0.25) is 4.79 Å². The number of carbonyl (C=O) groups excluding carboxylic acids is 1. The molecule has 1 heterocycles. The Hall–Kier alpha value is -1.92. The molecule has 2 N–H and O–H groups in total. The third-order valence-electron chi connectivity index (χ3n) is 3.52. The summed E-state index contributed by atoms with van der Waals surface area (Å²) in [5.41, 5.74) is 1.52. The van der Waals surface area contributed by atoms with E-state index in [1.165, 1.54) is 4.90 Å². The van der Waals surface area contributed by atoms with E-state index in [9.17, 15) is 14.7 Å². The fourth-order valence-electron chi connectivity index (χ4n) is 2.56. The van der Waals surface area contributed by atoms with Gasteiger partial charge in [0, 0.05) is 25.1 Å². The van der Waals surface area contributed by atoms with Crippen LogP contribution in [0.15, 0.2) is 24.3 Å². The fraction of sp³-hybridized carbons (Fsp3) is 0.467. The van der Waals surface area contributed by atoms with Crippen LogP contribution in [0.25, 0.3) is 0 Å². The Morgan fingerprint density at radius 1 is 1.29 bits per heavy atom. The Morgan fingerprint density at radius 3 is 2.43 bits per heavy atom. The topological polar surface area (TPSA) is 81.1 Å². The monoisotopic (exact) mass is 292 g/mol. The fourth-order valence-corrected chi connectivity index (χ4v) is 2.56. The molecule has 0 aliphatic carbocycles. The summed E-state index contributed by atoms with van der Waals surface area (Å²) in [6.45, 7) is 0.837. The SMILES string of the molecule is CN(C)Cc1ccc(C(=O)N2CC(O)C[C@H]2C(=O)O)cc1. The van der Waals surface area contributed by atoms with Gasteiger partial charge in [0.05, 0.1) is 6.10 Å². The summed E-state index contributed by atoms with van der Waals surface area (Å²) in [5.74, 6) is -1.43. The summed E-state index contributed by atoms with van der Waals surface area (Å²) in [4.78, 5) is 26.8. The van der Waals surface area contributed by atoms with Gasteiger partial charge in [0.15, 0.2) is 0 Å². The maximum absolute atomic E-state index is 12.4. The molecule has 1 fully saturated rings. The number of benzene rings is 1. The first-order valence-corrected chi connectivity index (χ1v) is 6.84. The second-order valence-corrected chi connectivity index (χ2v) is 5.64. The van der Waals surface area contributed by atoms with Gasteiger partial charge in [-0.2, -0.15) is 0 Å². The Labute approximate surface area is 123 Å². The van der Waals surface area contributed by atoms with Gasteiger partial charge in [-0.15, -0.1) is 0 Å². The van der Waals surface area contributed by atoms with Crippen molar-refractivity contribution in [3.63, 3.8) is 0 Å². The van der Waals surface area contributed by atoms with Crippen LogP contribution in [0.3, 0.4) is 0 Å². The van der Waals surface area contributed by atoms with Crippen molar-refractivity contribution in [2.45, 2.75) is 25.1 Å². The van der Waals surface area contributed by atoms with Crippen molar-refractivity contribution >= 4 is 11.9 Å². The quantitative estimate of drug-likeness (QED) is 0.840. The maximum atomic E-state index is 12.4. The number of rotatable bonds is 4. The van der Waals surface area contributed by atoms with Crippen LogP contribution in [0, 0.1) is 0 Å². The molecule has 1 aromatic rings. The molecule has 1 saturated heterocycles. The molecular weight excluding hydrogens is 272 g/mol. The molecule has 2 atom stereocenters. The lowest BCUT2D eigenvalue weighted by molar-refractivity contribution is -0.141. The van der Waals surface area contributed by atoms with Gasteiger partial charge in [0.25, 0.3) is 5.91 Å². The summed E-state index contributed by atoms with van der Waals surface area (Å²) in [7, 11) is 3.92. The molecule has 0 aromatic heterocycles. The Morgan fingerprint density at radius 2 is 1.90 bits per heavy atom. The van der Waals surface area contributed by atoms with E-state index < -0.39 is 18.1 Å². The number of carboxylic acids is 1. The summed E-state index contributed by atoms with van der Waals surface area (Å²) in [6, 6.07) is 6.16. The third kappa shape index (κ3) is 3.59. The highest BCUT2D eigenvalue weighted by Gasteiger charge is 2.39. The van der Waals surface area contributed by atoms with Crippen LogP contribution in [-0.2, 0) is 11.3 Å². The van der Waals surface area contributed by atoms with Crippen LogP contribution in [0.5, 0.6) is 0 Å². The third-order valence-corrected chi connectivity index (χ3v) is 3.52. The lowest BCUT2D eigenvalue weighted by Crippen LogP contribution is -2.40. The molecule has 2 rings (SSSR count). The Balaban J connectivity index is 2.14. The number of β-amino-alcohol motifs (C(OH)–C–C–N with tert-alkyl or cyclic N) is 1. The maximum Gasteiger partial charge on any atom is 0.326 e. The standard InChI is InChI=1S/C15H20N2O4/c1-16(2)8-10-3-5-11(6-4-10)14(19)17-9-12(18)7-13(17)15(20)21/h3-6,12-13,18H,7-9H2,1-2H3,(H,20,21)/t12?,13-/m0/s1. The molecule has 1 aromatic carbocycles. The average Bonchev–Trinajstić information content (AvgIpc) is 2.80. The van der Waals surface area contributed by atoms with Crippen molar-refractivity contribution in [3.05, 3.63) is 35.4 Å². The van der Waals surface area contributed by atoms with Gasteiger partial charge >= 0.3 is 5.97 Å². The summed E-state index contributed by atoms with van der Waals surface area (Å²) in [6.07, 6.45) is -0.692. The highest BCUT2D eigenvalue weighted by Crippen LogP contribution is 2.21. The van der Waals surface area contributed by atoms with Gasteiger partial charge < -0.3 is 20.0 Å². The molecule has 0 bridgehead atoms. The van der Waals surface area contributed by atoms with E-state index in [1.54, 1.807) is 12.1 Å². The predicted octanol–water partition coefficient (Wildman–Crippen LogP) is 0.408. The Kier molecular flexibility index (Phi) is 4.59. The number of amides is 1. The van der Waals surface area contributed by atoms with E-state index in [2.05, 4.69) is 0 Å². The number of hydrogen-bond donors (Lipinski definition) is 2. The molecule has 0 saturated carbocycles. The van der Waals surface area contributed by atoms with Crippen LogP contribution in [0.4, 0.5) is 0 Å². The predicted molar refractivity (Wildman–Crippen MR) is 76.9 cm³/mol. The van der Waals surface area contributed by atoms with Crippen LogP contribution in [-0.4, -0.2) is 64.7 Å². The normalized spacial score (nSPS) is 21.8. The minimum absolute atomic E-state index is 0.0647. The molecule has 1 aliphatic rings. The number of nitrogens with zero attached hydrogens (tertiary/aromatic N) is 2. The van der Waals surface area contributed by atoms with Crippen molar-refractivity contribution in [2.24, 2.45) is 0 Å². The number of likely N-dealkylation sites (tertiary alicyclic amines) is 1. The second-order valence-electron chi connectivity index (χ2n) is 5.64. The summed E-state index contributed by atoms with van der Waals surface area (Å²) >= 11 is 0. The van der Waals surface area contributed by atoms with Crippen molar-refractivity contribution in [1.82, 2.24) is 9.80 Å².